The monoisotopic (exact) mass is 423 g/mol. The Morgan fingerprint density at radius 2 is 2.00 bits per heavy atom. The minimum Gasteiger partial charge on any atom is -0.383 e. The first kappa shape index (κ1) is 19.5. The van der Waals surface area contributed by atoms with Crippen LogP contribution in [0.25, 0.3) is 33.2 Å². The van der Waals surface area contributed by atoms with Crippen LogP contribution in [0.2, 0.25) is 0 Å². The van der Waals surface area contributed by atoms with Crippen molar-refractivity contribution in [1.82, 2.24) is 24.7 Å². The van der Waals surface area contributed by atoms with Crippen molar-refractivity contribution in [1.29, 1.82) is 0 Å². The highest BCUT2D eigenvalue weighted by molar-refractivity contribution is 6.01. The molecule has 5 rings (SSSR count). The molecule has 2 aromatic carbocycles. The Morgan fingerprint density at radius 1 is 1.16 bits per heavy atom. The number of nitrogens with one attached hydrogen (secondary N) is 1. The molecule has 32 heavy (non-hydrogen) atoms. The summed E-state index contributed by atoms with van der Waals surface area (Å²) in [4.78, 5) is 26.0. The van der Waals surface area contributed by atoms with Crippen molar-refractivity contribution < 1.29 is 4.79 Å². The second kappa shape index (κ2) is 7.99. The quantitative estimate of drug-likeness (QED) is 0.404. The van der Waals surface area contributed by atoms with Gasteiger partial charge in [-0.2, -0.15) is 5.10 Å². The number of aromatic amines is 1. The molecule has 5 aromatic rings. The van der Waals surface area contributed by atoms with Crippen LogP contribution in [0.4, 0.5) is 11.5 Å². The van der Waals surface area contributed by atoms with Gasteiger partial charge in [0.25, 0.3) is 0 Å². The minimum absolute atomic E-state index is 0.181. The van der Waals surface area contributed by atoms with E-state index in [1.165, 1.54) is 12.4 Å². The first-order valence-electron chi connectivity index (χ1n) is 10.2. The van der Waals surface area contributed by atoms with Gasteiger partial charge >= 0.3 is 0 Å². The van der Waals surface area contributed by atoms with E-state index in [2.05, 4.69) is 21.5 Å². The summed E-state index contributed by atoms with van der Waals surface area (Å²) < 4.78 is 1.77. The van der Waals surface area contributed by atoms with Gasteiger partial charge in [-0.3, -0.25) is 4.79 Å². The lowest BCUT2D eigenvalue weighted by molar-refractivity contribution is -0.114. The molecular formula is C24H21N7O. The summed E-state index contributed by atoms with van der Waals surface area (Å²) in [5.74, 6) is 0.184. The minimum atomic E-state index is -0.181. The van der Waals surface area contributed by atoms with Crippen molar-refractivity contribution in [3.05, 3.63) is 79.8 Å². The number of benzene rings is 2. The van der Waals surface area contributed by atoms with Gasteiger partial charge in [0.1, 0.15) is 17.8 Å². The molecule has 1 amide bonds. The van der Waals surface area contributed by atoms with Crippen LogP contribution in [0.1, 0.15) is 0 Å². The third-order valence-corrected chi connectivity index (χ3v) is 5.43. The van der Waals surface area contributed by atoms with Crippen molar-refractivity contribution in [3.8, 4) is 11.3 Å². The molecule has 3 heterocycles. The van der Waals surface area contributed by atoms with E-state index >= 15 is 0 Å². The highest BCUT2D eigenvalue weighted by atomic mass is 16.2. The van der Waals surface area contributed by atoms with E-state index in [-0.39, 0.29) is 5.91 Å². The molecule has 158 valence electrons. The van der Waals surface area contributed by atoms with E-state index in [1.54, 1.807) is 9.58 Å². The fourth-order valence-electron chi connectivity index (χ4n) is 3.86. The average molecular weight is 423 g/mol. The molecule has 0 saturated carbocycles. The van der Waals surface area contributed by atoms with Gasteiger partial charge in [-0.1, -0.05) is 36.9 Å². The number of para-hydroxylation sites is 1. The molecule has 0 aliphatic rings. The zero-order valence-electron chi connectivity index (χ0n) is 17.3. The molecule has 3 N–H and O–H groups in total. The molecule has 0 atom stereocenters. The predicted molar refractivity (Wildman–Crippen MR) is 126 cm³/mol. The topological polar surface area (TPSA) is 106 Å². The lowest BCUT2D eigenvalue weighted by Crippen LogP contribution is -2.32. The van der Waals surface area contributed by atoms with Crippen LogP contribution in [0.3, 0.4) is 0 Å². The number of nitrogens with zero attached hydrogens (tertiary/aromatic N) is 5. The van der Waals surface area contributed by atoms with Crippen molar-refractivity contribution in [2.75, 3.05) is 17.2 Å². The fourth-order valence-corrected chi connectivity index (χ4v) is 3.86. The van der Waals surface area contributed by atoms with Crippen molar-refractivity contribution in [2.24, 2.45) is 0 Å². The zero-order chi connectivity index (χ0) is 22.1. The number of hydrogen-bond acceptors (Lipinski definition) is 5. The number of aromatic nitrogens is 5. The van der Waals surface area contributed by atoms with Crippen LogP contribution < -0.4 is 10.6 Å². The highest BCUT2D eigenvalue weighted by Gasteiger charge is 2.19. The van der Waals surface area contributed by atoms with Crippen LogP contribution in [0, 0.1) is 0 Å². The van der Waals surface area contributed by atoms with Crippen molar-refractivity contribution in [3.63, 3.8) is 0 Å². The summed E-state index contributed by atoms with van der Waals surface area (Å²) in [7, 11) is 0. The molecule has 8 nitrogen and oxygen atoms in total. The Hall–Kier alpha value is -4.46. The largest absolute Gasteiger partial charge is 0.383 e. The van der Waals surface area contributed by atoms with Gasteiger partial charge in [-0.15, -0.1) is 0 Å². The summed E-state index contributed by atoms with van der Waals surface area (Å²) >= 11 is 0. The Bertz CT molecular complexity index is 1440. The van der Waals surface area contributed by atoms with Gasteiger partial charge < -0.3 is 15.6 Å². The first-order valence-corrected chi connectivity index (χ1v) is 10.2. The zero-order valence-corrected chi connectivity index (χ0v) is 17.3. The molecule has 0 spiro atoms. The Morgan fingerprint density at radius 3 is 2.81 bits per heavy atom. The Balaban J connectivity index is 1.55. The molecule has 0 saturated heterocycles. The predicted octanol–water partition coefficient (Wildman–Crippen LogP) is 3.78. The smallest absolute Gasteiger partial charge is 0.250 e. The molecule has 0 aliphatic carbocycles. The number of carbonyl (C=O) groups is 1. The summed E-state index contributed by atoms with van der Waals surface area (Å²) in [5.41, 5.74) is 10.3. The number of nitrogens with two attached hydrogens (primary N) is 1. The second-order valence-electron chi connectivity index (χ2n) is 7.34. The number of rotatable bonds is 6. The van der Waals surface area contributed by atoms with E-state index < -0.39 is 0 Å². The lowest BCUT2D eigenvalue weighted by Gasteiger charge is -2.21. The summed E-state index contributed by atoms with van der Waals surface area (Å²) in [5, 5.41) is 6.63. The van der Waals surface area contributed by atoms with E-state index in [1.807, 2.05) is 60.8 Å². The first-order chi connectivity index (χ1) is 15.7. The van der Waals surface area contributed by atoms with Crippen molar-refractivity contribution in [2.45, 2.75) is 6.54 Å². The van der Waals surface area contributed by atoms with E-state index in [9.17, 15) is 4.79 Å². The van der Waals surface area contributed by atoms with Gasteiger partial charge in [-0.25, -0.2) is 14.6 Å². The molecule has 0 bridgehead atoms. The van der Waals surface area contributed by atoms with Gasteiger partial charge in [0, 0.05) is 29.5 Å². The van der Waals surface area contributed by atoms with Crippen LogP contribution in [0.5, 0.6) is 0 Å². The summed E-state index contributed by atoms with van der Waals surface area (Å²) in [6.07, 6.45) is 4.64. The number of H-pyrrole nitrogens is 1. The van der Waals surface area contributed by atoms with Gasteiger partial charge in [0.15, 0.2) is 5.65 Å². The maximum absolute atomic E-state index is 12.5. The Labute approximate surface area is 184 Å². The molecule has 3 aromatic heterocycles. The fraction of sp³-hybridized carbons (Fsp3) is 0.0833. The van der Waals surface area contributed by atoms with Gasteiger partial charge in [0.05, 0.1) is 11.9 Å². The van der Waals surface area contributed by atoms with E-state index in [0.29, 0.717) is 35.6 Å². The number of anilines is 2. The average Bonchev–Trinajstić information content (AvgIpc) is 3.44. The lowest BCUT2D eigenvalue weighted by atomic mass is 10.1. The van der Waals surface area contributed by atoms with Gasteiger partial charge in [0.2, 0.25) is 5.91 Å². The van der Waals surface area contributed by atoms with E-state index in [0.717, 1.165) is 22.2 Å². The third kappa shape index (κ3) is 3.37. The third-order valence-electron chi connectivity index (χ3n) is 5.43. The van der Waals surface area contributed by atoms with Crippen LogP contribution in [-0.4, -0.2) is 37.2 Å². The maximum atomic E-state index is 12.5. The molecule has 8 heteroatoms. The number of fused-ring (bicyclic) bond motifs is 2. The Kier molecular flexibility index (Phi) is 4.87. The second-order valence-corrected chi connectivity index (χ2v) is 7.34. The van der Waals surface area contributed by atoms with Crippen LogP contribution >= 0.6 is 0 Å². The molecule has 0 fully saturated rings. The molecule has 0 radical (unpaired) electrons. The maximum Gasteiger partial charge on any atom is 0.250 e. The van der Waals surface area contributed by atoms with Crippen molar-refractivity contribution >= 4 is 39.3 Å². The van der Waals surface area contributed by atoms with Crippen LogP contribution in [0.15, 0.2) is 79.8 Å². The molecule has 0 aliphatic heterocycles. The van der Waals surface area contributed by atoms with Gasteiger partial charge in [-0.05, 0) is 35.7 Å². The summed E-state index contributed by atoms with van der Waals surface area (Å²) in [6, 6.07) is 17.6. The molecule has 0 unspecified atom stereocenters. The number of nitrogen functional groups attached to an aromatic ring is 1. The SMILES string of the molecule is C=CC(=O)N(CCn1nc(-c2ccc3cc[nH]c3c2)c2c(N)ncnc21)c1ccccc1. The van der Waals surface area contributed by atoms with E-state index in [4.69, 9.17) is 10.8 Å². The highest BCUT2D eigenvalue weighted by Crippen LogP contribution is 2.31. The number of amides is 1. The molecular weight excluding hydrogens is 402 g/mol. The number of hydrogen-bond donors (Lipinski definition) is 2. The summed E-state index contributed by atoms with van der Waals surface area (Å²) in [6.45, 7) is 4.45. The number of carbonyl (C=O) groups excluding carboxylic acids is 1. The standard InChI is InChI=1S/C24H21N7O/c1-2-20(32)30(18-6-4-3-5-7-18)12-13-31-24-21(23(25)27-15-28-24)22(29-31)17-9-8-16-10-11-26-19(16)14-17/h2-11,14-15,26H,1,12-13H2,(H2,25,27,28). The van der Waals surface area contributed by atoms with Crippen LogP contribution in [-0.2, 0) is 11.3 Å². The normalized spacial score (nSPS) is 11.1.